The molecule has 2 aromatic heterocycles. The summed E-state index contributed by atoms with van der Waals surface area (Å²) in [5.74, 6) is 2.46. The number of rotatable bonds is 13. The van der Waals surface area contributed by atoms with Gasteiger partial charge in [0.1, 0.15) is 24.0 Å². The van der Waals surface area contributed by atoms with E-state index in [1.807, 2.05) is 6.20 Å². The molecular weight excluding hydrogens is 817 g/mol. The van der Waals surface area contributed by atoms with Crippen LogP contribution in [0.15, 0.2) is 188 Å². The van der Waals surface area contributed by atoms with Crippen molar-refractivity contribution < 1.29 is 4.74 Å². The molecule has 5 nitrogen and oxygen atoms in total. The van der Waals surface area contributed by atoms with E-state index in [9.17, 15) is 0 Å². The van der Waals surface area contributed by atoms with Gasteiger partial charge in [-0.1, -0.05) is 164 Å². The molecule has 0 fully saturated rings. The van der Waals surface area contributed by atoms with Crippen LogP contribution in [-0.4, -0.2) is 16.2 Å². The lowest BCUT2D eigenvalue weighted by molar-refractivity contribution is 0.463. The van der Waals surface area contributed by atoms with Gasteiger partial charge in [0.25, 0.3) is 0 Å². The van der Waals surface area contributed by atoms with Gasteiger partial charge in [0, 0.05) is 45.6 Å². The average molecular weight is 879 g/mol. The quantitative estimate of drug-likeness (QED) is 0.116. The molecule has 0 unspecified atom stereocenters. The van der Waals surface area contributed by atoms with Gasteiger partial charge in [-0.05, 0) is 114 Å². The molecule has 9 aromatic rings. The van der Waals surface area contributed by atoms with Crippen molar-refractivity contribution in [1.29, 1.82) is 0 Å². The summed E-state index contributed by atoms with van der Waals surface area (Å²) in [6, 6.07) is 66.5. The van der Waals surface area contributed by atoms with E-state index in [0.717, 1.165) is 65.1 Å². The van der Waals surface area contributed by atoms with Crippen LogP contribution in [0, 0.1) is 0 Å². The Bertz CT molecular complexity index is 3120. The average Bonchev–Trinajstić information content (AvgIpc) is 3.92. The summed E-state index contributed by atoms with van der Waals surface area (Å²) in [6.07, 6.45) is 5.84. The predicted octanol–water partition coefficient (Wildman–Crippen LogP) is 16.7. The van der Waals surface area contributed by atoms with Crippen LogP contribution in [0.1, 0.15) is 102 Å². The maximum absolute atomic E-state index is 6.86. The second-order valence-corrected chi connectivity index (χ2v) is 19.3. The molecule has 0 bridgehead atoms. The molecule has 0 N–H and O–H groups in total. The van der Waals surface area contributed by atoms with Crippen LogP contribution in [0.5, 0.6) is 11.5 Å². The summed E-state index contributed by atoms with van der Waals surface area (Å²) < 4.78 is 9.14. The number of hydrogen-bond donors (Lipinski definition) is 0. The monoisotopic (exact) mass is 878 g/mol. The normalized spacial score (nSPS) is 13.1. The number of pyridine rings is 1. The minimum Gasteiger partial charge on any atom is -0.457 e. The second-order valence-electron chi connectivity index (χ2n) is 19.3. The smallest absolute Gasteiger partial charge is 0.137 e. The van der Waals surface area contributed by atoms with E-state index < -0.39 is 0 Å². The Morgan fingerprint density at radius 1 is 0.478 bits per heavy atom. The number of anilines is 4. The van der Waals surface area contributed by atoms with Gasteiger partial charge < -0.3 is 14.5 Å². The number of para-hydroxylation sites is 4. The molecule has 0 atom stereocenters. The highest BCUT2D eigenvalue weighted by Gasteiger charge is 2.42. The third-order valence-corrected chi connectivity index (χ3v) is 15.0. The van der Waals surface area contributed by atoms with Crippen molar-refractivity contribution in [2.45, 2.75) is 90.4 Å². The van der Waals surface area contributed by atoms with E-state index in [-0.39, 0.29) is 16.2 Å². The zero-order chi connectivity index (χ0) is 46.3. The highest BCUT2D eigenvalue weighted by atomic mass is 16.5. The molecule has 67 heavy (non-hydrogen) atoms. The molecule has 5 heteroatoms. The summed E-state index contributed by atoms with van der Waals surface area (Å²) in [7, 11) is 0. The largest absolute Gasteiger partial charge is 0.457 e. The van der Waals surface area contributed by atoms with Crippen molar-refractivity contribution >= 4 is 44.6 Å². The molecule has 10 rings (SSSR count). The van der Waals surface area contributed by atoms with E-state index >= 15 is 0 Å². The number of ether oxygens (including phenoxy) is 1. The van der Waals surface area contributed by atoms with Gasteiger partial charge in [0.2, 0.25) is 0 Å². The standard InChI is InChI=1S/C62H62N4O/c1-8-61(9-2,44-24-14-12-15-25-44)52-31-23-32-53(62(10-3,11-4)45-26-16-13-17-27-45)59(52)65-43-64(55-34-20-21-35-56(55)65)47-28-22-29-48(41-47)67-49-36-37-51-50-30-18-19-33-54(50)66(57(51)42-49)58-40-46(38-39-63-58)60(5,6)7/h12-42H,8-11,43H2,1-7H3. The highest BCUT2D eigenvalue weighted by molar-refractivity contribution is 6.09. The van der Waals surface area contributed by atoms with Crippen molar-refractivity contribution in [3.63, 3.8) is 0 Å². The van der Waals surface area contributed by atoms with Gasteiger partial charge in [-0.2, -0.15) is 0 Å². The van der Waals surface area contributed by atoms with Crippen LogP contribution in [0.2, 0.25) is 0 Å². The van der Waals surface area contributed by atoms with E-state index in [1.54, 1.807) is 0 Å². The molecule has 336 valence electrons. The number of hydrogen-bond acceptors (Lipinski definition) is 4. The fourth-order valence-corrected chi connectivity index (χ4v) is 11.3. The Hall–Kier alpha value is -7.11. The maximum Gasteiger partial charge on any atom is 0.137 e. The SMILES string of the molecule is CCC(CC)(c1ccccc1)c1cccc(C(CC)(CC)c2ccccc2)c1N1CN(c2cccc(Oc3ccc4c5ccccc5n(-c5cc(C(C)(C)C)ccn5)c4c3)c2)c2ccccc21. The van der Waals surface area contributed by atoms with Crippen LogP contribution in [0.3, 0.4) is 0 Å². The Balaban J connectivity index is 1.08. The van der Waals surface area contributed by atoms with Crippen molar-refractivity contribution in [2.24, 2.45) is 0 Å². The van der Waals surface area contributed by atoms with Crippen molar-refractivity contribution in [3.8, 4) is 17.3 Å². The summed E-state index contributed by atoms with van der Waals surface area (Å²) in [5, 5.41) is 2.35. The van der Waals surface area contributed by atoms with Crippen LogP contribution < -0.4 is 14.5 Å². The molecule has 0 aliphatic carbocycles. The lowest BCUT2D eigenvalue weighted by atomic mass is 9.65. The first-order chi connectivity index (χ1) is 32.6. The molecule has 3 heterocycles. The van der Waals surface area contributed by atoms with Gasteiger partial charge in [0.15, 0.2) is 0 Å². The highest BCUT2D eigenvalue weighted by Crippen LogP contribution is 2.55. The Kier molecular flexibility index (Phi) is 11.5. The van der Waals surface area contributed by atoms with E-state index in [1.165, 1.54) is 50.3 Å². The van der Waals surface area contributed by atoms with Gasteiger partial charge in [0.05, 0.1) is 28.1 Å². The van der Waals surface area contributed by atoms with Crippen LogP contribution in [0.4, 0.5) is 22.7 Å². The van der Waals surface area contributed by atoms with Gasteiger partial charge >= 0.3 is 0 Å². The third-order valence-electron chi connectivity index (χ3n) is 15.0. The van der Waals surface area contributed by atoms with Gasteiger partial charge in [-0.3, -0.25) is 4.57 Å². The summed E-state index contributed by atoms with van der Waals surface area (Å²) in [4.78, 5) is 9.99. The molecule has 7 aromatic carbocycles. The number of nitrogens with zero attached hydrogens (tertiary/aromatic N) is 4. The van der Waals surface area contributed by atoms with E-state index in [4.69, 9.17) is 9.72 Å². The molecular formula is C62H62N4O. The fourth-order valence-electron chi connectivity index (χ4n) is 11.3. The third kappa shape index (κ3) is 7.46. The molecule has 0 saturated heterocycles. The number of aromatic nitrogens is 2. The van der Waals surface area contributed by atoms with Crippen LogP contribution >= 0.6 is 0 Å². The number of benzene rings is 7. The molecule has 0 spiro atoms. The molecule has 0 radical (unpaired) electrons. The van der Waals surface area contributed by atoms with Gasteiger partial charge in [-0.25, -0.2) is 4.98 Å². The van der Waals surface area contributed by atoms with E-state index in [2.05, 4.69) is 245 Å². The van der Waals surface area contributed by atoms with Crippen LogP contribution in [-0.2, 0) is 16.2 Å². The van der Waals surface area contributed by atoms with E-state index in [0.29, 0.717) is 6.67 Å². The minimum absolute atomic E-state index is 0.0101. The first-order valence-corrected chi connectivity index (χ1v) is 24.3. The molecule has 1 aliphatic heterocycles. The predicted molar refractivity (Wildman–Crippen MR) is 281 cm³/mol. The van der Waals surface area contributed by atoms with Crippen molar-refractivity contribution in [2.75, 3.05) is 16.5 Å². The number of fused-ring (bicyclic) bond motifs is 4. The summed E-state index contributed by atoms with van der Waals surface area (Å²) >= 11 is 0. The Labute approximate surface area is 397 Å². The summed E-state index contributed by atoms with van der Waals surface area (Å²) in [5.41, 5.74) is 13.3. The van der Waals surface area contributed by atoms with Crippen molar-refractivity contribution in [1.82, 2.24) is 9.55 Å². The fraction of sp³-hybridized carbons (Fsp3) is 0.242. The lowest BCUT2D eigenvalue weighted by Crippen LogP contribution is -2.35. The van der Waals surface area contributed by atoms with Crippen LogP contribution in [0.25, 0.3) is 27.6 Å². The second kappa shape index (κ2) is 17.6. The Morgan fingerprint density at radius 2 is 1.03 bits per heavy atom. The topological polar surface area (TPSA) is 33.5 Å². The van der Waals surface area contributed by atoms with Gasteiger partial charge in [-0.15, -0.1) is 0 Å². The van der Waals surface area contributed by atoms with Crippen molar-refractivity contribution in [3.05, 3.63) is 216 Å². The maximum atomic E-state index is 6.86. The first-order valence-electron chi connectivity index (χ1n) is 24.3. The minimum atomic E-state index is -0.203. The summed E-state index contributed by atoms with van der Waals surface area (Å²) in [6.45, 7) is 16.9. The Morgan fingerprint density at radius 3 is 1.66 bits per heavy atom. The zero-order valence-electron chi connectivity index (χ0n) is 40.1. The first kappa shape index (κ1) is 43.8. The lowest BCUT2D eigenvalue weighted by Gasteiger charge is -2.42. The zero-order valence-corrected chi connectivity index (χ0v) is 40.1. The molecule has 0 amide bonds. The molecule has 1 aliphatic rings. The molecule has 0 saturated carbocycles.